The largest absolute Gasteiger partial charge is 0.342 e. The van der Waals surface area contributed by atoms with E-state index in [1.54, 1.807) is 34.6 Å². The van der Waals surface area contributed by atoms with E-state index in [1.807, 2.05) is 46.5 Å². The number of anilines is 1. The quantitative estimate of drug-likeness (QED) is 0.697. The molecule has 0 saturated carbocycles. The summed E-state index contributed by atoms with van der Waals surface area (Å²) in [6.45, 7) is 2.04. The van der Waals surface area contributed by atoms with Crippen LogP contribution < -0.4 is 5.32 Å². The first-order chi connectivity index (χ1) is 12.5. The van der Waals surface area contributed by atoms with Crippen LogP contribution in [0.4, 0.5) is 5.69 Å². The number of benzene rings is 1. The lowest BCUT2D eigenvalue weighted by molar-refractivity contribution is -0.128. The number of nitrogens with zero attached hydrogens (tertiary/aromatic N) is 2. The van der Waals surface area contributed by atoms with Gasteiger partial charge in [0.2, 0.25) is 11.8 Å². The van der Waals surface area contributed by atoms with Gasteiger partial charge in [-0.25, -0.2) is 4.98 Å². The molecule has 0 radical (unpaired) electrons. The zero-order chi connectivity index (χ0) is 18.5. The van der Waals surface area contributed by atoms with Gasteiger partial charge in [0.1, 0.15) is 5.01 Å². The summed E-state index contributed by atoms with van der Waals surface area (Å²) in [6, 6.07) is 9.55. The molecule has 0 aliphatic rings. The van der Waals surface area contributed by atoms with Crippen molar-refractivity contribution in [2.45, 2.75) is 19.9 Å². The van der Waals surface area contributed by atoms with Crippen LogP contribution in [0.3, 0.4) is 0 Å². The maximum absolute atomic E-state index is 12.3. The van der Waals surface area contributed by atoms with Crippen LogP contribution in [0.25, 0.3) is 10.6 Å². The van der Waals surface area contributed by atoms with Gasteiger partial charge in [0.15, 0.2) is 0 Å². The van der Waals surface area contributed by atoms with Crippen molar-refractivity contribution >= 4 is 40.2 Å². The second-order valence-electron chi connectivity index (χ2n) is 5.96. The number of carbonyl (C=O) groups excluding carboxylic acids is 2. The molecule has 0 atom stereocenters. The number of rotatable bonds is 6. The Balaban J connectivity index is 1.61. The molecule has 7 heteroatoms. The lowest BCUT2D eigenvalue weighted by Gasteiger charge is -2.15. The van der Waals surface area contributed by atoms with Gasteiger partial charge in [-0.1, -0.05) is 12.1 Å². The number of carbonyl (C=O) groups is 2. The summed E-state index contributed by atoms with van der Waals surface area (Å²) in [5.41, 5.74) is 3.54. The highest BCUT2D eigenvalue weighted by Crippen LogP contribution is 2.26. The summed E-state index contributed by atoms with van der Waals surface area (Å²) in [7, 11) is 1.75. The van der Waals surface area contributed by atoms with E-state index in [0.29, 0.717) is 6.54 Å². The lowest BCUT2D eigenvalue weighted by atomic mass is 10.2. The Bertz CT molecular complexity index is 903. The number of amides is 2. The number of hydrogen-bond acceptors (Lipinski definition) is 5. The smallest absolute Gasteiger partial charge is 0.230 e. The van der Waals surface area contributed by atoms with Crippen molar-refractivity contribution < 1.29 is 9.59 Å². The number of thiophene rings is 1. The Labute approximate surface area is 160 Å². The Morgan fingerprint density at radius 3 is 2.81 bits per heavy atom. The summed E-state index contributed by atoms with van der Waals surface area (Å²) in [6.07, 6.45) is 0.234. The van der Waals surface area contributed by atoms with E-state index in [4.69, 9.17) is 0 Å². The standard InChI is InChI=1S/C19H19N3O2S2/c1-13(23)22(2)10-14-4-3-5-16(8-14)20-18(24)9-17-12-26-19(21-17)15-6-7-25-11-15/h3-8,11-12H,9-10H2,1-2H3,(H,20,24). The van der Waals surface area contributed by atoms with E-state index >= 15 is 0 Å². The first kappa shape index (κ1) is 18.3. The molecule has 3 aromatic rings. The third kappa shape index (κ3) is 4.77. The van der Waals surface area contributed by atoms with Crippen molar-refractivity contribution in [1.29, 1.82) is 0 Å². The molecule has 1 aromatic carbocycles. The Morgan fingerprint density at radius 1 is 1.23 bits per heavy atom. The van der Waals surface area contributed by atoms with Gasteiger partial charge in [-0.3, -0.25) is 9.59 Å². The first-order valence-corrected chi connectivity index (χ1v) is 9.91. The minimum absolute atomic E-state index is 0.00407. The van der Waals surface area contributed by atoms with Crippen molar-refractivity contribution in [2.75, 3.05) is 12.4 Å². The number of aromatic nitrogens is 1. The highest BCUT2D eigenvalue weighted by atomic mass is 32.1. The van der Waals surface area contributed by atoms with E-state index in [0.717, 1.165) is 27.5 Å². The van der Waals surface area contributed by atoms with E-state index < -0.39 is 0 Å². The minimum atomic E-state index is -0.107. The fourth-order valence-corrected chi connectivity index (χ4v) is 3.94. The molecule has 0 aliphatic heterocycles. The molecule has 2 amide bonds. The van der Waals surface area contributed by atoms with Crippen LogP contribution in [0.2, 0.25) is 0 Å². The maximum atomic E-state index is 12.3. The molecular weight excluding hydrogens is 366 g/mol. The molecule has 2 heterocycles. The molecule has 0 bridgehead atoms. The average molecular weight is 386 g/mol. The highest BCUT2D eigenvalue weighted by molar-refractivity contribution is 7.14. The van der Waals surface area contributed by atoms with Crippen LogP contribution in [0.1, 0.15) is 18.2 Å². The summed E-state index contributed by atoms with van der Waals surface area (Å²) in [4.78, 5) is 29.8. The number of hydrogen-bond donors (Lipinski definition) is 1. The number of nitrogens with one attached hydrogen (secondary N) is 1. The molecule has 26 heavy (non-hydrogen) atoms. The van der Waals surface area contributed by atoms with Crippen LogP contribution >= 0.6 is 22.7 Å². The van der Waals surface area contributed by atoms with Crippen molar-refractivity contribution in [2.24, 2.45) is 0 Å². The fraction of sp³-hybridized carbons (Fsp3) is 0.211. The van der Waals surface area contributed by atoms with Gasteiger partial charge in [0.05, 0.1) is 12.1 Å². The van der Waals surface area contributed by atoms with Crippen molar-refractivity contribution in [3.05, 3.63) is 57.7 Å². The maximum Gasteiger partial charge on any atom is 0.230 e. The fourth-order valence-electron chi connectivity index (χ4n) is 2.41. The molecule has 1 N–H and O–H groups in total. The zero-order valence-electron chi connectivity index (χ0n) is 14.6. The van der Waals surface area contributed by atoms with Crippen molar-refractivity contribution in [3.8, 4) is 10.6 Å². The summed E-state index contributed by atoms with van der Waals surface area (Å²) >= 11 is 3.17. The van der Waals surface area contributed by atoms with Crippen LogP contribution in [-0.2, 0) is 22.6 Å². The molecule has 0 spiro atoms. The SMILES string of the molecule is CC(=O)N(C)Cc1cccc(NC(=O)Cc2csc(-c3ccsc3)n2)c1. The van der Waals surface area contributed by atoms with Gasteiger partial charge < -0.3 is 10.2 Å². The monoisotopic (exact) mass is 385 g/mol. The average Bonchev–Trinajstić information content (AvgIpc) is 3.26. The van der Waals surface area contributed by atoms with Crippen LogP contribution in [-0.4, -0.2) is 28.7 Å². The van der Waals surface area contributed by atoms with Gasteiger partial charge in [0.25, 0.3) is 0 Å². The first-order valence-electron chi connectivity index (χ1n) is 8.09. The predicted molar refractivity (Wildman–Crippen MR) is 106 cm³/mol. The van der Waals surface area contributed by atoms with E-state index in [1.165, 1.54) is 6.92 Å². The third-order valence-electron chi connectivity index (χ3n) is 3.83. The summed E-state index contributed by atoms with van der Waals surface area (Å²) in [5.74, 6) is -0.103. The molecule has 134 valence electrons. The van der Waals surface area contributed by atoms with Gasteiger partial charge in [0, 0.05) is 42.5 Å². The topological polar surface area (TPSA) is 62.3 Å². The minimum Gasteiger partial charge on any atom is -0.342 e. The molecular formula is C19H19N3O2S2. The van der Waals surface area contributed by atoms with E-state index in [-0.39, 0.29) is 18.2 Å². The Morgan fingerprint density at radius 2 is 2.08 bits per heavy atom. The second-order valence-corrected chi connectivity index (χ2v) is 7.59. The Hall–Kier alpha value is -2.51. The second kappa shape index (κ2) is 8.25. The van der Waals surface area contributed by atoms with Gasteiger partial charge >= 0.3 is 0 Å². The van der Waals surface area contributed by atoms with Gasteiger partial charge in [-0.2, -0.15) is 11.3 Å². The summed E-state index contributed by atoms with van der Waals surface area (Å²) < 4.78 is 0. The normalized spacial score (nSPS) is 10.5. The summed E-state index contributed by atoms with van der Waals surface area (Å²) in [5, 5.41) is 9.82. The third-order valence-corrected chi connectivity index (χ3v) is 5.45. The van der Waals surface area contributed by atoms with Gasteiger partial charge in [-0.05, 0) is 29.1 Å². The molecule has 0 saturated heterocycles. The molecule has 0 fully saturated rings. The van der Waals surface area contributed by atoms with Crippen molar-refractivity contribution in [1.82, 2.24) is 9.88 Å². The lowest BCUT2D eigenvalue weighted by Crippen LogP contribution is -2.23. The number of thiazole rings is 1. The van der Waals surface area contributed by atoms with Crippen LogP contribution in [0, 0.1) is 0 Å². The molecule has 2 aromatic heterocycles. The molecule has 5 nitrogen and oxygen atoms in total. The van der Waals surface area contributed by atoms with Crippen molar-refractivity contribution in [3.63, 3.8) is 0 Å². The van der Waals surface area contributed by atoms with Gasteiger partial charge in [-0.15, -0.1) is 11.3 Å². The molecule has 0 unspecified atom stereocenters. The van der Waals surface area contributed by atoms with E-state index in [9.17, 15) is 9.59 Å². The molecule has 0 aliphatic carbocycles. The molecule has 3 rings (SSSR count). The van der Waals surface area contributed by atoms with Crippen LogP contribution in [0.5, 0.6) is 0 Å². The van der Waals surface area contributed by atoms with Crippen LogP contribution in [0.15, 0.2) is 46.5 Å². The zero-order valence-corrected chi connectivity index (χ0v) is 16.2. The predicted octanol–water partition coefficient (Wildman–Crippen LogP) is 4.03. The van der Waals surface area contributed by atoms with E-state index in [2.05, 4.69) is 10.3 Å². The Kier molecular flexibility index (Phi) is 5.80. The highest BCUT2D eigenvalue weighted by Gasteiger charge is 2.10.